The highest BCUT2D eigenvalue weighted by Gasteiger charge is 2.05. The zero-order valence-electron chi connectivity index (χ0n) is 9.87. The third kappa shape index (κ3) is 3.86. The van der Waals surface area contributed by atoms with Gasteiger partial charge in [-0.05, 0) is 37.1 Å². The molecule has 0 aromatic heterocycles. The lowest BCUT2D eigenvalue weighted by molar-refractivity contribution is 0.0980. The monoisotopic (exact) mass is 239 g/mol. The molecule has 0 aliphatic carbocycles. The summed E-state index contributed by atoms with van der Waals surface area (Å²) in [5.74, 6) is 0.836. The summed E-state index contributed by atoms with van der Waals surface area (Å²) in [7, 11) is 3.97. The number of Topliss-reactive ketones (excluding diaryl/α,β-unsaturated/α-hetero) is 1. The van der Waals surface area contributed by atoms with Crippen molar-refractivity contribution in [2.45, 2.75) is 19.3 Å². The van der Waals surface area contributed by atoms with Crippen LogP contribution in [0.5, 0.6) is 0 Å². The fourth-order valence-corrected chi connectivity index (χ4v) is 1.66. The Hall–Kier alpha value is -1.02. The summed E-state index contributed by atoms with van der Waals surface area (Å²) < 4.78 is 0. The second-order valence-corrected chi connectivity index (χ2v) is 4.39. The number of nitrogens with zero attached hydrogens (tertiary/aromatic N) is 1. The second-order valence-electron chi connectivity index (χ2n) is 4.01. The molecule has 0 N–H and O–H groups in total. The number of carbonyl (C=O) groups excluding carboxylic acids is 1. The van der Waals surface area contributed by atoms with Gasteiger partial charge >= 0.3 is 0 Å². The van der Waals surface area contributed by atoms with E-state index >= 15 is 0 Å². The minimum atomic E-state index is 0.204. The van der Waals surface area contributed by atoms with E-state index in [4.69, 9.17) is 11.6 Å². The van der Waals surface area contributed by atoms with Gasteiger partial charge in [-0.15, -0.1) is 11.6 Å². The van der Waals surface area contributed by atoms with E-state index in [1.807, 2.05) is 43.3 Å². The van der Waals surface area contributed by atoms with Crippen molar-refractivity contribution in [3.63, 3.8) is 0 Å². The van der Waals surface area contributed by atoms with Crippen LogP contribution in [-0.4, -0.2) is 25.8 Å². The molecule has 0 amide bonds. The largest absolute Gasteiger partial charge is 0.378 e. The van der Waals surface area contributed by atoms with Crippen LogP contribution in [0.1, 0.15) is 29.6 Å². The number of carbonyl (C=O) groups is 1. The van der Waals surface area contributed by atoms with E-state index in [0.29, 0.717) is 12.3 Å². The molecule has 88 valence electrons. The normalized spacial score (nSPS) is 10.2. The first-order valence-electron chi connectivity index (χ1n) is 5.51. The summed E-state index contributed by atoms with van der Waals surface area (Å²) in [5.41, 5.74) is 1.90. The van der Waals surface area contributed by atoms with Crippen molar-refractivity contribution in [3.05, 3.63) is 29.8 Å². The van der Waals surface area contributed by atoms with Crippen molar-refractivity contribution in [3.8, 4) is 0 Å². The maximum atomic E-state index is 11.7. The molecule has 3 heteroatoms. The topological polar surface area (TPSA) is 20.3 Å². The molecular weight excluding hydrogens is 222 g/mol. The van der Waals surface area contributed by atoms with Gasteiger partial charge in [-0.2, -0.15) is 0 Å². The summed E-state index contributed by atoms with van der Waals surface area (Å²) in [6.45, 7) is 0. The number of rotatable bonds is 6. The van der Waals surface area contributed by atoms with Crippen molar-refractivity contribution in [2.24, 2.45) is 0 Å². The molecule has 1 aromatic carbocycles. The first-order valence-corrected chi connectivity index (χ1v) is 6.05. The van der Waals surface area contributed by atoms with Crippen molar-refractivity contribution < 1.29 is 4.79 Å². The molecule has 0 aliphatic heterocycles. The molecule has 0 spiro atoms. The molecule has 1 aromatic rings. The number of anilines is 1. The minimum absolute atomic E-state index is 0.204. The molecule has 0 atom stereocenters. The quantitative estimate of drug-likeness (QED) is 0.431. The third-order valence-corrected chi connectivity index (χ3v) is 2.76. The Balaban J connectivity index is 2.56. The van der Waals surface area contributed by atoms with Crippen molar-refractivity contribution in [1.29, 1.82) is 0 Å². The number of hydrogen-bond donors (Lipinski definition) is 0. The van der Waals surface area contributed by atoms with Gasteiger partial charge in [0.05, 0.1) is 0 Å². The van der Waals surface area contributed by atoms with Crippen LogP contribution in [0.15, 0.2) is 24.3 Å². The van der Waals surface area contributed by atoms with Gasteiger partial charge in [-0.25, -0.2) is 0 Å². The van der Waals surface area contributed by atoms with E-state index in [2.05, 4.69) is 0 Å². The minimum Gasteiger partial charge on any atom is -0.378 e. The summed E-state index contributed by atoms with van der Waals surface area (Å²) in [5, 5.41) is 0. The number of benzene rings is 1. The average Bonchev–Trinajstić information content (AvgIpc) is 2.29. The first-order chi connectivity index (χ1) is 7.65. The Morgan fingerprint density at radius 3 is 2.31 bits per heavy atom. The third-order valence-electron chi connectivity index (χ3n) is 2.49. The molecule has 0 aliphatic rings. The van der Waals surface area contributed by atoms with E-state index in [1.165, 1.54) is 0 Å². The molecule has 0 saturated heterocycles. The molecule has 16 heavy (non-hydrogen) atoms. The highest BCUT2D eigenvalue weighted by atomic mass is 35.5. The lowest BCUT2D eigenvalue weighted by atomic mass is 10.1. The van der Waals surface area contributed by atoms with Crippen molar-refractivity contribution in [2.75, 3.05) is 24.9 Å². The Kier molecular flexibility index (Phi) is 5.33. The van der Waals surface area contributed by atoms with Crippen LogP contribution >= 0.6 is 11.6 Å². The molecule has 1 rings (SSSR count). The van der Waals surface area contributed by atoms with E-state index in [1.54, 1.807) is 0 Å². The van der Waals surface area contributed by atoms with Crippen LogP contribution in [0.3, 0.4) is 0 Å². The number of halogens is 1. The Morgan fingerprint density at radius 1 is 1.19 bits per heavy atom. The molecular formula is C13H18ClNO. The van der Waals surface area contributed by atoms with Crippen LogP contribution in [0.4, 0.5) is 5.69 Å². The Morgan fingerprint density at radius 2 is 1.81 bits per heavy atom. The maximum Gasteiger partial charge on any atom is 0.162 e. The van der Waals surface area contributed by atoms with Gasteiger partial charge in [-0.3, -0.25) is 4.79 Å². The van der Waals surface area contributed by atoms with Crippen LogP contribution in [0, 0.1) is 0 Å². The average molecular weight is 240 g/mol. The second kappa shape index (κ2) is 6.54. The fraction of sp³-hybridized carbons (Fsp3) is 0.462. The van der Waals surface area contributed by atoms with E-state index in [9.17, 15) is 4.79 Å². The molecule has 0 heterocycles. The van der Waals surface area contributed by atoms with Gasteiger partial charge in [0.1, 0.15) is 0 Å². The number of ketones is 1. The van der Waals surface area contributed by atoms with Gasteiger partial charge in [0, 0.05) is 37.6 Å². The van der Waals surface area contributed by atoms with Crippen LogP contribution in [0.25, 0.3) is 0 Å². The summed E-state index contributed by atoms with van der Waals surface area (Å²) in [6, 6.07) is 7.71. The lowest BCUT2D eigenvalue weighted by Gasteiger charge is -2.12. The standard InChI is InChI=1S/C13H18ClNO/c1-15(2)12-8-6-11(7-9-12)13(16)5-3-4-10-14/h6-9H,3-5,10H2,1-2H3. The van der Waals surface area contributed by atoms with Gasteiger partial charge in [0.25, 0.3) is 0 Å². The summed E-state index contributed by atoms with van der Waals surface area (Å²) >= 11 is 5.57. The first kappa shape index (κ1) is 13.0. The molecule has 0 radical (unpaired) electrons. The van der Waals surface area contributed by atoms with E-state index in [0.717, 1.165) is 24.1 Å². The number of alkyl halides is 1. The van der Waals surface area contributed by atoms with Crippen LogP contribution in [0.2, 0.25) is 0 Å². The Bertz CT molecular complexity index is 332. The number of unbranched alkanes of at least 4 members (excludes halogenated alkanes) is 1. The molecule has 0 fully saturated rings. The molecule has 0 saturated carbocycles. The predicted molar refractivity (Wildman–Crippen MR) is 69.7 cm³/mol. The lowest BCUT2D eigenvalue weighted by Crippen LogP contribution is -2.08. The predicted octanol–water partition coefficient (Wildman–Crippen LogP) is 3.34. The Labute approximate surface area is 102 Å². The zero-order valence-corrected chi connectivity index (χ0v) is 10.6. The fourth-order valence-electron chi connectivity index (χ4n) is 1.47. The van der Waals surface area contributed by atoms with E-state index in [-0.39, 0.29) is 5.78 Å². The SMILES string of the molecule is CN(C)c1ccc(C(=O)CCCCCl)cc1. The maximum absolute atomic E-state index is 11.7. The molecule has 0 unspecified atom stereocenters. The zero-order chi connectivity index (χ0) is 12.0. The summed E-state index contributed by atoms with van der Waals surface area (Å²) in [4.78, 5) is 13.8. The van der Waals surface area contributed by atoms with Crippen LogP contribution in [-0.2, 0) is 0 Å². The highest BCUT2D eigenvalue weighted by molar-refractivity contribution is 6.17. The van der Waals surface area contributed by atoms with Crippen LogP contribution < -0.4 is 4.90 Å². The molecule has 0 bridgehead atoms. The van der Waals surface area contributed by atoms with Crippen molar-refractivity contribution >= 4 is 23.1 Å². The van der Waals surface area contributed by atoms with Gasteiger partial charge in [0.15, 0.2) is 5.78 Å². The van der Waals surface area contributed by atoms with Crippen molar-refractivity contribution in [1.82, 2.24) is 0 Å². The smallest absolute Gasteiger partial charge is 0.162 e. The van der Waals surface area contributed by atoms with Gasteiger partial charge < -0.3 is 4.90 Å². The van der Waals surface area contributed by atoms with E-state index < -0.39 is 0 Å². The summed E-state index contributed by atoms with van der Waals surface area (Å²) in [6.07, 6.45) is 2.37. The number of hydrogen-bond acceptors (Lipinski definition) is 2. The molecule has 2 nitrogen and oxygen atoms in total. The van der Waals surface area contributed by atoms with Gasteiger partial charge in [-0.1, -0.05) is 0 Å². The highest BCUT2D eigenvalue weighted by Crippen LogP contribution is 2.14. The van der Waals surface area contributed by atoms with Gasteiger partial charge in [0.2, 0.25) is 0 Å².